The summed E-state index contributed by atoms with van der Waals surface area (Å²) >= 11 is 0. The molecular weight excluding hydrogens is 352 g/mol. The lowest BCUT2D eigenvalue weighted by Gasteiger charge is -2.02. The van der Waals surface area contributed by atoms with Gasteiger partial charge in [-0.2, -0.15) is 0 Å². The van der Waals surface area contributed by atoms with E-state index in [0.717, 1.165) is 25.7 Å². The summed E-state index contributed by atoms with van der Waals surface area (Å²) in [7, 11) is 0. The molecule has 0 unspecified atom stereocenters. The average molecular weight is 397 g/mol. The van der Waals surface area contributed by atoms with Gasteiger partial charge in [0.1, 0.15) is 0 Å². The topological polar surface area (TPSA) is 52.6 Å². The second-order valence-electron chi connectivity index (χ2n) is 7.40. The van der Waals surface area contributed by atoms with Gasteiger partial charge in [-0.25, -0.2) is 0 Å². The quantitative estimate of drug-likeness (QED) is 0.127. The summed E-state index contributed by atoms with van der Waals surface area (Å²) in [5.41, 5.74) is 0. The van der Waals surface area contributed by atoms with Crippen LogP contribution in [0.15, 0.2) is 12.2 Å². The Balaban J connectivity index is 3.18. The van der Waals surface area contributed by atoms with Gasteiger partial charge in [-0.3, -0.25) is 9.59 Å². The van der Waals surface area contributed by atoms with E-state index in [4.69, 9.17) is 9.47 Å². The maximum atomic E-state index is 11.2. The van der Waals surface area contributed by atoms with Gasteiger partial charge >= 0.3 is 11.9 Å². The number of unbranched alkanes of at least 4 members (excludes halogenated alkanes) is 12. The molecule has 0 amide bonds. The van der Waals surface area contributed by atoms with Crippen LogP contribution in [0.3, 0.4) is 0 Å². The standard InChI is InChI=1S/C24H44O4/c1-3-27-23(25)21-19-17-15-13-11-9-7-5-6-8-10-12-14-16-18-20-22-24(26)28-4-2/h5-6H,3-4,7-22H2,1-2H3/b6-5-. The minimum atomic E-state index is -0.0540. The summed E-state index contributed by atoms with van der Waals surface area (Å²) in [6, 6.07) is 0. The van der Waals surface area contributed by atoms with E-state index in [0.29, 0.717) is 26.1 Å². The first-order valence-corrected chi connectivity index (χ1v) is 11.7. The number of carbonyl (C=O) groups excluding carboxylic acids is 2. The molecule has 0 aliphatic carbocycles. The number of carbonyl (C=O) groups is 2. The van der Waals surface area contributed by atoms with Crippen molar-refractivity contribution in [3.63, 3.8) is 0 Å². The molecular formula is C24H44O4. The largest absolute Gasteiger partial charge is 0.466 e. The van der Waals surface area contributed by atoms with Crippen LogP contribution in [0, 0.1) is 0 Å². The predicted molar refractivity (Wildman–Crippen MR) is 116 cm³/mol. The lowest BCUT2D eigenvalue weighted by molar-refractivity contribution is -0.144. The summed E-state index contributed by atoms with van der Waals surface area (Å²) in [6.07, 6.45) is 22.5. The molecule has 0 N–H and O–H groups in total. The predicted octanol–water partition coefficient (Wildman–Crippen LogP) is 6.91. The fraction of sp³-hybridized carbons (Fsp3) is 0.833. The summed E-state index contributed by atoms with van der Waals surface area (Å²) in [4.78, 5) is 22.4. The molecule has 0 aromatic heterocycles. The molecule has 0 aromatic rings. The SMILES string of the molecule is CCOC(=O)CCCCCCCC/C=C\CCCCCCCCC(=O)OCC. The molecule has 0 aromatic carbocycles. The van der Waals surface area contributed by atoms with Crippen LogP contribution in [0.2, 0.25) is 0 Å². The number of rotatable bonds is 20. The van der Waals surface area contributed by atoms with E-state index in [1.165, 1.54) is 64.2 Å². The first kappa shape index (κ1) is 26.7. The number of esters is 2. The highest BCUT2D eigenvalue weighted by molar-refractivity contribution is 5.69. The van der Waals surface area contributed by atoms with Gasteiger partial charge in [0.25, 0.3) is 0 Å². The van der Waals surface area contributed by atoms with E-state index in [2.05, 4.69) is 12.2 Å². The Kier molecular flexibility index (Phi) is 20.9. The van der Waals surface area contributed by atoms with E-state index < -0.39 is 0 Å². The third-order valence-electron chi connectivity index (χ3n) is 4.78. The van der Waals surface area contributed by atoms with E-state index in [1.807, 2.05) is 13.8 Å². The van der Waals surface area contributed by atoms with E-state index in [1.54, 1.807) is 0 Å². The molecule has 0 spiro atoms. The maximum Gasteiger partial charge on any atom is 0.305 e. The number of allylic oxidation sites excluding steroid dienone is 2. The van der Waals surface area contributed by atoms with Gasteiger partial charge in [-0.05, 0) is 52.4 Å². The Labute approximate surface area is 173 Å². The molecule has 0 heterocycles. The minimum absolute atomic E-state index is 0.0540. The van der Waals surface area contributed by atoms with Gasteiger partial charge in [-0.1, -0.05) is 63.5 Å². The van der Waals surface area contributed by atoms with Crippen LogP contribution in [0.5, 0.6) is 0 Å². The molecule has 4 nitrogen and oxygen atoms in total. The summed E-state index contributed by atoms with van der Waals surface area (Å²) in [5.74, 6) is -0.108. The fourth-order valence-electron chi connectivity index (χ4n) is 3.18. The van der Waals surface area contributed by atoms with Crippen molar-refractivity contribution in [1.82, 2.24) is 0 Å². The van der Waals surface area contributed by atoms with Crippen molar-refractivity contribution in [2.75, 3.05) is 13.2 Å². The second kappa shape index (κ2) is 22.0. The monoisotopic (exact) mass is 396 g/mol. The van der Waals surface area contributed by atoms with Crippen molar-refractivity contribution in [2.24, 2.45) is 0 Å². The molecule has 4 heteroatoms. The highest BCUT2D eigenvalue weighted by Crippen LogP contribution is 2.11. The van der Waals surface area contributed by atoms with Gasteiger partial charge < -0.3 is 9.47 Å². The lowest BCUT2D eigenvalue weighted by atomic mass is 10.1. The molecule has 0 rings (SSSR count). The Morgan fingerprint density at radius 2 is 0.857 bits per heavy atom. The highest BCUT2D eigenvalue weighted by atomic mass is 16.5. The smallest absolute Gasteiger partial charge is 0.305 e. The summed E-state index contributed by atoms with van der Waals surface area (Å²) in [6.45, 7) is 4.69. The average Bonchev–Trinajstić information content (AvgIpc) is 2.67. The third kappa shape index (κ3) is 21.0. The van der Waals surface area contributed by atoms with Crippen LogP contribution in [-0.4, -0.2) is 25.2 Å². The number of ether oxygens (including phenoxy) is 2. The van der Waals surface area contributed by atoms with Gasteiger partial charge in [0.05, 0.1) is 13.2 Å². The van der Waals surface area contributed by atoms with Crippen molar-refractivity contribution in [3.05, 3.63) is 12.2 Å². The molecule has 0 saturated carbocycles. The second-order valence-corrected chi connectivity index (χ2v) is 7.40. The first-order valence-electron chi connectivity index (χ1n) is 11.7. The first-order chi connectivity index (χ1) is 13.7. The Morgan fingerprint density at radius 1 is 0.536 bits per heavy atom. The Bertz CT molecular complexity index is 354. The molecule has 28 heavy (non-hydrogen) atoms. The van der Waals surface area contributed by atoms with Crippen LogP contribution >= 0.6 is 0 Å². The Morgan fingerprint density at radius 3 is 1.21 bits per heavy atom. The van der Waals surface area contributed by atoms with Crippen LogP contribution in [0.1, 0.15) is 117 Å². The summed E-state index contributed by atoms with van der Waals surface area (Å²) < 4.78 is 9.85. The van der Waals surface area contributed by atoms with E-state index >= 15 is 0 Å². The number of hydrogen-bond donors (Lipinski definition) is 0. The molecule has 164 valence electrons. The summed E-state index contributed by atoms with van der Waals surface area (Å²) in [5, 5.41) is 0. The van der Waals surface area contributed by atoms with Gasteiger partial charge in [0.2, 0.25) is 0 Å². The van der Waals surface area contributed by atoms with Crippen molar-refractivity contribution >= 4 is 11.9 Å². The van der Waals surface area contributed by atoms with E-state index in [9.17, 15) is 9.59 Å². The minimum Gasteiger partial charge on any atom is -0.466 e. The molecule has 0 atom stereocenters. The zero-order valence-electron chi connectivity index (χ0n) is 18.5. The zero-order chi connectivity index (χ0) is 20.7. The van der Waals surface area contributed by atoms with Crippen molar-refractivity contribution < 1.29 is 19.1 Å². The molecule has 0 bridgehead atoms. The van der Waals surface area contributed by atoms with Crippen molar-refractivity contribution in [3.8, 4) is 0 Å². The molecule has 0 radical (unpaired) electrons. The van der Waals surface area contributed by atoms with Gasteiger partial charge in [-0.15, -0.1) is 0 Å². The normalized spacial score (nSPS) is 11.1. The Hall–Kier alpha value is -1.32. The zero-order valence-corrected chi connectivity index (χ0v) is 18.5. The lowest BCUT2D eigenvalue weighted by Crippen LogP contribution is -2.03. The van der Waals surface area contributed by atoms with E-state index in [-0.39, 0.29) is 11.9 Å². The van der Waals surface area contributed by atoms with Crippen LogP contribution < -0.4 is 0 Å². The van der Waals surface area contributed by atoms with Gasteiger partial charge in [0, 0.05) is 12.8 Å². The fourth-order valence-corrected chi connectivity index (χ4v) is 3.18. The maximum absolute atomic E-state index is 11.2. The van der Waals surface area contributed by atoms with Gasteiger partial charge in [0.15, 0.2) is 0 Å². The number of hydrogen-bond acceptors (Lipinski definition) is 4. The molecule has 0 aliphatic rings. The van der Waals surface area contributed by atoms with Crippen molar-refractivity contribution in [1.29, 1.82) is 0 Å². The van der Waals surface area contributed by atoms with Crippen LogP contribution in [0.4, 0.5) is 0 Å². The third-order valence-corrected chi connectivity index (χ3v) is 4.78. The molecule has 0 fully saturated rings. The van der Waals surface area contributed by atoms with Crippen molar-refractivity contribution in [2.45, 2.75) is 117 Å². The molecule has 0 saturated heterocycles. The van der Waals surface area contributed by atoms with Crippen LogP contribution in [-0.2, 0) is 19.1 Å². The highest BCUT2D eigenvalue weighted by Gasteiger charge is 2.01. The van der Waals surface area contributed by atoms with Crippen LogP contribution in [0.25, 0.3) is 0 Å². The molecule has 0 aliphatic heterocycles.